The molecule has 1 aromatic rings. The van der Waals surface area contributed by atoms with Crippen LogP contribution in [0, 0.1) is 5.92 Å². The first-order valence-corrected chi connectivity index (χ1v) is 6.41. The highest BCUT2D eigenvalue weighted by Crippen LogP contribution is 2.25. The van der Waals surface area contributed by atoms with E-state index in [2.05, 4.69) is 10.6 Å². The van der Waals surface area contributed by atoms with Crippen LogP contribution in [0.15, 0.2) is 18.2 Å². The van der Waals surface area contributed by atoms with Crippen LogP contribution >= 0.6 is 23.2 Å². The summed E-state index contributed by atoms with van der Waals surface area (Å²) in [4.78, 5) is 0. The minimum atomic E-state index is 0.604. The maximum Gasteiger partial charge on any atom is 0.0612 e. The maximum atomic E-state index is 5.94. The Morgan fingerprint density at radius 2 is 2.19 bits per heavy atom. The minimum Gasteiger partial charge on any atom is -0.385 e. The Hall–Kier alpha value is -0.440. The van der Waals surface area contributed by atoms with Crippen LogP contribution in [0.4, 0.5) is 5.69 Å². The van der Waals surface area contributed by atoms with Gasteiger partial charge >= 0.3 is 0 Å². The Kier molecular flexibility index (Phi) is 4.33. The maximum absolute atomic E-state index is 5.94. The number of benzene rings is 1. The lowest BCUT2D eigenvalue weighted by atomic mass is 10.1. The minimum absolute atomic E-state index is 0.604. The zero-order chi connectivity index (χ0) is 11.4. The highest BCUT2D eigenvalue weighted by Gasteiger charge is 2.13. The Morgan fingerprint density at radius 3 is 2.88 bits per heavy atom. The van der Waals surface area contributed by atoms with Gasteiger partial charge in [0, 0.05) is 12.2 Å². The van der Waals surface area contributed by atoms with Gasteiger partial charge in [-0.05, 0) is 50.0 Å². The Balaban J connectivity index is 1.78. The Labute approximate surface area is 106 Å². The molecular weight excluding hydrogens is 243 g/mol. The van der Waals surface area contributed by atoms with Gasteiger partial charge in [0.1, 0.15) is 0 Å². The molecule has 0 radical (unpaired) electrons. The predicted molar refractivity (Wildman–Crippen MR) is 70.5 cm³/mol. The van der Waals surface area contributed by atoms with Crippen LogP contribution in [-0.2, 0) is 0 Å². The topological polar surface area (TPSA) is 24.1 Å². The standard InChI is InChI=1S/C12H16Cl2N2/c13-11-2-1-10(7-12(11)14)16-6-4-9-3-5-15-8-9/h1-2,7,9,15-16H,3-6,8H2. The molecule has 2 rings (SSSR count). The van der Waals surface area contributed by atoms with Crippen molar-refractivity contribution in [1.29, 1.82) is 0 Å². The van der Waals surface area contributed by atoms with Crippen molar-refractivity contribution in [3.05, 3.63) is 28.2 Å². The molecule has 0 saturated carbocycles. The van der Waals surface area contributed by atoms with Crippen molar-refractivity contribution in [3.63, 3.8) is 0 Å². The Morgan fingerprint density at radius 1 is 1.31 bits per heavy atom. The summed E-state index contributed by atoms with van der Waals surface area (Å²) in [6, 6.07) is 5.65. The van der Waals surface area contributed by atoms with E-state index in [-0.39, 0.29) is 0 Å². The lowest BCUT2D eigenvalue weighted by Gasteiger charge is -2.10. The van der Waals surface area contributed by atoms with Crippen molar-refractivity contribution in [2.24, 2.45) is 5.92 Å². The molecule has 2 nitrogen and oxygen atoms in total. The first-order chi connectivity index (χ1) is 7.75. The van der Waals surface area contributed by atoms with Crippen molar-refractivity contribution in [1.82, 2.24) is 5.32 Å². The summed E-state index contributed by atoms with van der Waals surface area (Å²) in [5, 5.41) is 7.95. The molecule has 0 aliphatic carbocycles. The number of hydrogen-bond acceptors (Lipinski definition) is 2. The second-order valence-electron chi connectivity index (χ2n) is 4.20. The number of anilines is 1. The Bertz CT molecular complexity index is 349. The van der Waals surface area contributed by atoms with Crippen LogP contribution in [-0.4, -0.2) is 19.6 Å². The van der Waals surface area contributed by atoms with E-state index in [0.717, 1.165) is 31.2 Å². The van der Waals surface area contributed by atoms with Crippen LogP contribution < -0.4 is 10.6 Å². The molecular formula is C12H16Cl2N2. The second-order valence-corrected chi connectivity index (χ2v) is 5.02. The molecule has 4 heteroatoms. The third-order valence-electron chi connectivity index (χ3n) is 2.96. The van der Waals surface area contributed by atoms with E-state index in [0.29, 0.717) is 10.0 Å². The van der Waals surface area contributed by atoms with Crippen molar-refractivity contribution in [2.45, 2.75) is 12.8 Å². The number of halogens is 2. The normalized spacial score (nSPS) is 20.0. The molecule has 1 aromatic carbocycles. The predicted octanol–water partition coefficient (Wildman–Crippen LogP) is 3.40. The molecule has 0 bridgehead atoms. The summed E-state index contributed by atoms with van der Waals surface area (Å²) in [5.41, 5.74) is 1.04. The molecule has 2 N–H and O–H groups in total. The van der Waals surface area contributed by atoms with Gasteiger partial charge < -0.3 is 10.6 Å². The average Bonchev–Trinajstić information content (AvgIpc) is 2.76. The van der Waals surface area contributed by atoms with Gasteiger partial charge in [-0.1, -0.05) is 23.2 Å². The van der Waals surface area contributed by atoms with Gasteiger partial charge in [0.25, 0.3) is 0 Å². The number of rotatable bonds is 4. The first kappa shape index (κ1) is 12.0. The summed E-state index contributed by atoms with van der Waals surface area (Å²) < 4.78 is 0. The molecule has 0 spiro atoms. The molecule has 0 aromatic heterocycles. The van der Waals surface area contributed by atoms with Crippen LogP contribution in [0.2, 0.25) is 10.0 Å². The number of hydrogen-bond donors (Lipinski definition) is 2. The van der Waals surface area contributed by atoms with Gasteiger partial charge in [0.05, 0.1) is 10.0 Å². The summed E-state index contributed by atoms with van der Waals surface area (Å²) in [5.74, 6) is 0.815. The van der Waals surface area contributed by atoms with E-state index in [4.69, 9.17) is 23.2 Å². The molecule has 1 saturated heterocycles. The van der Waals surface area contributed by atoms with Crippen molar-refractivity contribution in [2.75, 3.05) is 25.0 Å². The molecule has 16 heavy (non-hydrogen) atoms. The van der Waals surface area contributed by atoms with E-state index in [1.807, 2.05) is 18.2 Å². The quantitative estimate of drug-likeness (QED) is 0.865. The van der Waals surface area contributed by atoms with Gasteiger partial charge in [-0.2, -0.15) is 0 Å². The smallest absolute Gasteiger partial charge is 0.0612 e. The van der Waals surface area contributed by atoms with Gasteiger partial charge in [0.15, 0.2) is 0 Å². The second kappa shape index (κ2) is 5.76. The average molecular weight is 259 g/mol. The van der Waals surface area contributed by atoms with E-state index in [9.17, 15) is 0 Å². The fourth-order valence-electron chi connectivity index (χ4n) is 1.99. The van der Waals surface area contributed by atoms with E-state index < -0.39 is 0 Å². The van der Waals surface area contributed by atoms with Gasteiger partial charge in [-0.3, -0.25) is 0 Å². The highest BCUT2D eigenvalue weighted by molar-refractivity contribution is 6.42. The molecule has 88 valence electrons. The molecule has 1 aliphatic rings. The molecule has 1 fully saturated rings. The van der Waals surface area contributed by atoms with Gasteiger partial charge in [-0.25, -0.2) is 0 Å². The summed E-state index contributed by atoms with van der Waals surface area (Å²) in [7, 11) is 0. The van der Waals surface area contributed by atoms with E-state index in [1.54, 1.807) is 0 Å². The lowest BCUT2D eigenvalue weighted by molar-refractivity contribution is 0.549. The fourth-order valence-corrected chi connectivity index (χ4v) is 2.29. The van der Waals surface area contributed by atoms with Crippen LogP contribution in [0.1, 0.15) is 12.8 Å². The van der Waals surface area contributed by atoms with Crippen molar-refractivity contribution in [3.8, 4) is 0 Å². The van der Waals surface area contributed by atoms with Crippen LogP contribution in [0.25, 0.3) is 0 Å². The zero-order valence-electron chi connectivity index (χ0n) is 9.10. The fraction of sp³-hybridized carbons (Fsp3) is 0.500. The van der Waals surface area contributed by atoms with Gasteiger partial charge in [0.2, 0.25) is 0 Å². The summed E-state index contributed by atoms with van der Waals surface area (Å²) in [6.07, 6.45) is 2.50. The lowest BCUT2D eigenvalue weighted by Crippen LogP contribution is -2.12. The molecule has 1 heterocycles. The van der Waals surface area contributed by atoms with E-state index in [1.165, 1.54) is 12.8 Å². The molecule has 1 atom stereocenters. The summed E-state index contributed by atoms with van der Waals surface area (Å²) in [6.45, 7) is 3.31. The SMILES string of the molecule is Clc1ccc(NCCC2CCNC2)cc1Cl. The molecule has 1 unspecified atom stereocenters. The van der Waals surface area contributed by atoms with E-state index >= 15 is 0 Å². The zero-order valence-corrected chi connectivity index (χ0v) is 10.6. The third kappa shape index (κ3) is 3.27. The highest BCUT2D eigenvalue weighted by atomic mass is 35.5. The van der Waals surface area contributed by atoms with Crippen molar-refractivity contribution < 1.29 is 0 Å². The van der Waals surface area contributed by atoms with Crippen molar-refractivity contribution >= 4 is 28.9 Å². The summed E-state index contributed by atoms with van der Waals surface area (Å²) >= 11 is 11.8. The third-order valence-corrected chi connectivity index (χ3v) is 3.70. The van der Waals surface area contributed by atoms with Crippen LogP contribution in [0.3, 0.4) is 0 Å². The molecule has 1 aliphatic heterocycles. The largest absolute Gasteiger partial charge is 0.385 e. The first-order valence-electron chi connectivity index (χ1n) is 5.65. The number of nitrogens with one attached hydrogen (secondary N) is 2. The monoisotopic (exact) mass is 258 g/mol. The molecule has 0 amide bonds. The van der Waals surface area contributed by atoms with Crippen LogP contribution in [0.5, 0.6) is 0 Å². The van der Waals surface area contributed by atoms with Gasteiger partial charge in [-0.15, -0.1) is 0 Å².